The number of carbonyl (C=O) groups is 2. The van der Waals surface area contributed by atoms with Gasteiger partial charge in [-0.2, -0.15) is 0 Å². The molecule has 104 valence electrons. The minimum Gasteiger partial charge on any atom is -0.460 e. The predicted molar refractivity (Wildman–Crippen MR) is 75.2 cm³/mol. The number of pyridine rings is 1. The third-order valence-electron chi connectivity index (χ3n) is 3.20. The summed E-state index contributed by atoms with van der Waals surface area (Å²) in [5, 5.41) is 3.53. The summed E-state index contributed by atoms with van der Waals surface area (Å²) in [5.74, 6) is -0.413. The average molecular weight is 338 g/mol. The lowest BCUT2D eigenvalue weighted by atomic mass is 10.2. The third kappa shape index (κ3) is 2.53. The number of halogens is 1. The lowest BCUT2D eigenvalue weighted by Crippen LogP contribution is -2.31. The van der Waals surface area contributed by atoms with Crippen LogP contribution >= 0.6 is 15.9 Å². The largest absolute Gasteiger partial charge is 0.460 e. The highest BCUT2D eigenvalue weighted by Crippen LogP contribution is 2.20. The molecule has 0 radical (unpaired) electrons. The van der Waals surface area contributed by atoms with Gasteiger partial charge in [0.2, 0.25) is 0 Å². The van der Waals surface area contributed by atoms with Crippen LogP contribution in [0, 0.1) is 0 Å². The van der Waals surface area contributed by atoms with Gasteiger partial charge in [-0.15, -0.1) is 0 Å². The second-order valence-electron chi connectivity index (χ2n) is 4.61. The molecule has 0 saturated carbocycles. The second-order valence-corrected chi connectivity index (χ2v) is 5.53. The molecule has 7 heteroatoms. The van der Waals surface area contributed by atoms with Crippen LogP contribution in [0.15, 0.2) is 22.9 Å². The molecule has 0 bridgehead atoms. The molecule has 0 aromatic carbocycles. The van der Waals surface area contributed by atoms with Crippen molar-refractivity contribution in [1.82, 2.24) is 15.3 Å². The Morgan fingerprint density at radius 2 is 2.45 bits per heavy atom. The highest BCUT2D eigenvalue weighted by atomic mass is 79.9. The van der Waals surface area contributed by atoms with Crippen LogP contribution in [0.4, 0.5) is 0 Å². The number of fused-ring (bicyclic) bond motifs is 1. The van der Waals surface area contributed by atoms with E-state index >= 15 is 0 Å². The van der Waals surface area contributed by atoms with E-state index in [2.05, 4.69) is 31.2 Å². The van der Waals surface area contributed by atoms with Gasteiger partial charge < -0.3 is 15.0 Å². The summed E-state index contributed by atoms with van der Waals surface area (Å²) in [4.78, 5) is 30.3. The van der Waals surface area contributed by atoms with E-state index in [0.29, 0.717) is 30.6 Å². The first kappa shape index (κ1) is 13.1. The summed E-state index contributed by atoms with van der Waals surface area (Å²) in [6.07, 6.45) is 4.14. The fourth-order valence-electron chi connectivity index (χ4n) is 2.19. The van der Waals surface area contributed by atoms with Crippen LogP contribution in [-0.2, 0) is 9.53 Å². The van der Waals surface area contributed by atoms with Crippen molar-refractivity contribution in [1.29, 1.82) is 0 Å². The van der Waals surface area contributed by atoms with Crippen molar-refractivity contribution in [3.05, 3.63) is 28.5 Å². The van der Waals surface area contributed by atoms with Gasteiger partial charge in [-0.3, -0.25) is 9.59 Å². The van der Waals surface area contributed by atoms with Crippen LogP contribution in [0.1, 0.15) is 23.2 Å². The molecule has 3 heterocycles. The molecule has 1 aliphatic rings. The van der Waals surface area contributed by atoms with E-state index in [1.165, 1.54) is 0 Å². The van der Waals surface area contributed by atoms with Crippen LogP contribution in [0.2, 0.25) is 0 Å². The van der Waals surface area contributed by atoms with E-state index < -0.39 is 0 Å². The molecule has 20 heavy (non-hydrogen) atoms. The summed E-state index contributed by atoms with van der Waals surface area (Å²) in [6, 6.07) is 1.84. The third-order valence-corrected chi connectivity index (χ3v) is 3.63. The number of carbonyl (C=O) groups excluding carboxylic acids is 2. The van der Waals surface area contributed by atoms with Crippen LogP contribution in [0.3, 0.4) is 0 Å². The van der Waals surface area contributed by atoms with Crippen LogP contribution in [0.25, 0.3) is 11.0 Å². The number of aromatic nitrogens is 2. The van der Waals surface area contributed by atoms with Crippen molar-refractivity contribution >= 4 is 38.8 Å². The number of hydrogen-bond donors (Lipinski definition) is 2. The summed E-state index contributed by atoms with van der Waals surface area (Å²) in [6.45, 7) is 0.332. The molecule has 1 atom stereocenters. The molecule has 2 aromatic heterocycles. The number of H-pyrrole nitrogens is 1. The monoisotopic (exact) mass is 337 g/mol. The Morgan fingerprint density at radius 3 is 3.20 bits per heavy atom. The van der Waals surface area contributed by atoms with Gasteiger partial charge in [0, 0.05) is 28.7 Å². The zero-order chi connectivity index (χ0) is 14.1. The zero-order valence-corrected chi connectivity index (χ0v) is 12.1. The average Bonchev–Trinajstić information content (AvgIpc) is 3.02. The molecule has 2 N–H and O–H groups in total. The quantitative estimate of drug-likeness (QED) is 0.836. The SMILES string of the molecule is O=C1CCC(CNC(=O)c2c[nH]c3ncc(Br)cc23)O1. The number of ether oxygens (including phenoxy) is 1. The Labute approximate surface area is 123 Å². The topological polar surface area (TPSA) is 84.1 Å². The van der Waals surface area contributed by atoms with E-state index in [-0.39, 0.29) is 18.0 Å². The summed E-state index contributed by atoms with van der Waals surface area (Å²) in [7, 11) is 0. The lowest BCUT2D eigenvalue weighted by molar-refractivity contribution is -0.141. The molecule has 3 rings (SSSR count). The Morgan fingerprint density at radius 1 is 1.60 bits per heavy atom. The summed E-state index contributed by atoms with van der Waals surface area (Å²) >= 11 is 3.33. The van der Waals surface area contributed by atoms with Crippen molar-refractivity contribution in [2.24, 2.45) is 0 Å². The highest BCUT2D eigenvalue weighted by Gasteiger charge is 2.24. The first-order valence-electron chi connectivity index (χ1n) is 6.24. The zero-order valence-electron chi connectivity index (χ0n) is 10.5. The van der Waals surface area contributed by atoms with Gasteiger partial charge in [-0.25, -0.2) is 4.98 Å². The van der Waals surface area contributed by atoms with Crippen LogP contribution < -0.4 is 5.32 Å². The van der Waals surface area contributed by atoms with Gasteiger partial charge >= 0.3 is 5.97 Å². The highest BCUT2D eigenvalue weighted by molar-refractivity contribution is 9.10. The molecule has 1 fully saturated rings. The van der Waals surface area contributed by atoms with E-state index in [9.17, 15) is 9.59 Å². The van der Waals surface area contributed by atoms with E-state index in [0.717, 1.165) is 9.86 Å². The Hall–Kier alpha value is -1.89. The number of amides is 1. The number of nitrogens with one attached hydrogen (secondary N) is 2. The maximum Gasteiger partial charge on any atom is 0.306 e. The molecule has 0 aliphatic carbocycles. The van der Waals surface area contributed by atoms with Gasteiger partial charge in [0.15, 0.2) is 0 Å². The number of cyclic esters (lactones) is 1. The number of esters is 1. The standard InChI is InChI=1S/C13H12BrN3O3/c14-7-3-9-10(6-16-12(9)15-4-7)13(19)17-5-8-1-2-11(18)20-8/h3-4,6,8H,1-2,5H2,(H,15,16)(H,17,19). The van der Waals surface area contributed by atoms with Crippen molar-refractivity contribution in [3.8, 4) is 0 Å². The Bertz CT molecular complexity index is 683. The molecule has 1 saturated heterocycles. The van der Waals surface area contributed by atoms with Crippen molar-refractivity contribution < 1.29 is 14.3 Å². The fourth-order valence-corrected chi connectivity index (χ4v) is 2.53. The van der Waals surface area contributed by atoms with Gasteiger partial charge in [0.1, 0.15) is 11.8 Å². The smallest absolute Gasteiger partial charge is 0.306 e. The maximum atomic E-state index is 12.2. The predicted octanol–water partition coefficient (Wildman–Crippen LogP) is 1.76. The van der Waals surface area contributed by atoms with Gasteiger partial charge in [-0.1, -0.05) is 0 Å². The molecule has 2 aromatic rings. The second kappa shape index (κ2) is 5.24. The molecular weight excluding hydrogens is 326 g/mol. The van der Waals surface area contributed by atoms with E-state index in [4.69, 9.17) is 4.74 Å². The molecule has 6 nitrogen and oxygen atoms in total. The first-order valence-corrected chi connectivity index (χ1v) is 7.03. The minimum absolute atomic E-state index is 0.204. The lowest BCUT2D eigenvalue weighted by Gasteiger charge is -2.10. The van der Waals surface area contributed by atoms with E-state index in [1.54, 1.807) is 12.4 Å². The van der Waals surface area contributed by atoms with Crippen molar-refractivity contribution in [2.75, 3.05) is 6.54 Å². The Kier molecular flexibility index (Phi) is 3.43. The van der Waals surface area contributed by atoms with E-state index in [1.807, 2.05) is 6.07 Å². The Balaban J connectivity index is 1.72. The normalized spacial score (nSPS) is 18.2. The number of hydrogen-bond acceptors (Lipinski definition) is 4. The molecule has 1 unspecified atom stereocenters. The molecule has 1 amide bonds. The van der Waals surface area contributed by atoms with Crippen LogP contribution in [-0.4, -0.2) is 34.5 Å². The van der Waals surface area contributed by atoms with Crippen molar-refractivity contribution in [2.45, 2.75) is 18.9 Å². The number of nitrogens with zero attached hydrogens (tertiary/aromatic N) is 1. The molecule has 1 aliphatic heterocycles. The van der Waals surface area contributed by atoms with Gasteiger partial charge in [0.05, 0.1) is 12.1 Å². The fraction of sp³-hybridized carbons (Fsp3) is 0.308. The van der Waals surface area contributed by atoms with Crippen molar-refractivity contribution in [3.63, 3.8) is 0 Å². The van der Waals surface area contributed by atoms with Crippen LogP contribution in [0.5, 0.6) is 0 Å². The first-order chi connectivity index (χ1) is 9.63. The van der Waals surface area contributed by atoms with Gasteiger partial charge in [0.25, 0.3) is 5.91 Å². The summed E-state index contributed by atoms with van der Waals surface area (Å²) in [5.41, 5.74) is 1.18. The number of rotatable bonds is 3. The summed E-state index contributed by atoms with van der Waals surface area (Å²) < 4.78 is 5.86. The number of aromatic amines is 1. The van der Waals surface area contributed by atoms with Gasteiger partial charge in [-0.05, 0) is 28.4 Å². The minimum atomic E-state index is -0.221. The molecular formula is C13H12BrN3O3. The molecule has 0 spiro atoms. The maximum absolute atomic E-state index is 12.2.